The van der Waals surface area contributed by atoms with E-state index in [2.05, 4.69) is 37.1 Å². The lowest BCUT2D eigenvalue weighted by Crippen LogP contribution is -2.42. The maximum absolute atomic E-state index is 13.8. The molecule has 0 spiro atoms. The molecule has 1 saturated heterocycles. The van der Waals surface area contributed by atoms with Gasteiger partial charge in [0.05, 0.1) is 0 Å². The molecule has 1 heterocycles. The topological polar surface area (TPSA) is 15.3 Å². The van der Waals surface area contributed by atoms with Gasteiger partial charge in [-0.25, -0.2) is 4.39 Å². The number of nitrogens with one attached hydrogen (secondary N) is 1. The van der Waals surface area contributed by atoms with Gasteiger partial charge in [-0.3, -0.25) is 4.90 Å². The normalized spacial score (nSPS) is 21.0. The van der Waals surface area contributed by atoms with Gasteiger partial charge in [-0.2, -0.15) is 0 Å². The Morgan fingerprint density at radius 3 is 2.67 bits per heavy atom. The molecule has 0 aromatic heterocycles. The molecule has 0 aliphatic carbocycles. The largest absolute Gasteiger partial charge is 0.316 e. The zero-order chi connectivity index (χ0) is 15.4. The Hall–Kier alpha value is -0.930. The summed E-state index contributed by atoms with van der Waals surface area (Å²) in [6.45, 7) is 11.8. The van der Waals surface area contributed by atoms with E-state index < -0.39 is 0 Å². The zero-order valence-electron chi connectivity index (χ0n) is 13.8. The minimum Gasteiger partial charge on any atom is -0.316 e. The van der Waals surface area contributed by atoms with Gasteiger partial charge >= 0.3 is 0 Å². The molecule has 1 aromatic rings. The second-order valence-electron chi connectivity index (χ2n) is 6.69. The summed E-state index contributed by atoms with van der Waals surface area (Å²) in [4.78, 5) is 2.50. The van der Waals surface area contributed by atoms with Crippen LogP contribution in [0.15, 0.2) is 18.2 Å². The van der Waals surface area contributed by atoms with Gasteiger partial charge in [0.25, 0.3) is 0 Å². The number of hydrogen-bond acceptors (Lipinski definition) is 2. The fourth-order valence-electron chi connectivity index (χ4n) is 3.25. The van der Waals surface area contributed by atoms with Crippen LogP contribution in [0, 0.1) is 18.7 Å². The van der Waals surface area contributed by atoms with Crippen molar-refractivity contribution in [2.45, 2.75) is 52.6 Å². The van der Waals surface area contributed by atoms with E-state index in [0.717, 1.165) is 30.8 Å². The maximum Gasteiger partial charge on any atom is 0.126 e. The highest BCUT2D eigenvalue weighted by Crippen LogP contribution is 2.26. The first-order valence-electron chi connectivity index (χ1n) is 8.21. The molecule has 1 N–H and O–H groups in total. The Morgan fingerprint density at radius 2 is 2.10 bits per heavy atom. The minimum absolute atomic E-state index is 0.0950. The molecule has 3 heteroatoms. The van der Waals surface area contributed by atoms with Crippen molar-refractivity contribution in [3.63, 3.8) is 0 Å². The number of halogens is 1. The number of aryl methyl sites for hydroxylation is 1. The number of rotatable bonds is 5. The van der Waals surface area contributed by atoms with Crippen LogP contribution in [0.2, 0.25) is 0 Å². The van der Waals surface area contributed by atoms with E-state index in [1.54, 1.807) is 6.07 Å². The number of hydrogen-bond donors (Lipinski definition) is 1. The SMILES string of the molecule is Cc1ccc(C(C)N(CC2CCCNC2)C(C)C)cc1F. The molecule has 2 nitrogen and oxygen atoms in total. The van der Waals surface area contributed by atoms with E-state index in [4.69, 9.17) is 0 Å². The first kappa shape index (κ1) is 16.4. The van der Waals surface area contributed by atoms with Crippen molar-refractivity contribution in [1.82, 2.24) is 10.2 Å². The summed E-state index contributed by atoms with van der Waals surface area (Å²) in [7, 11) is 0. The lowest BCUT2D eigenvalue weighted by Gasteiger charge is -2.37. The fourth-order valence-corrected chi connectivity index (χ4v) is 3.25. The number of piperidine rings is 1. The molecule has 118 valence electrons. The second kappa shape index (κ2) is 7.37. The quantitative estimate of drug-likeness (QED) is 0.885. The van der Waals surface area contributed by atoms with Crippen LogP contribution in [-0.4, -0.2) is 30.6 Å². The van der Waals surface area contributed by atoms with Crippen molar-refractivity contribution < 1.29 is 4.39 Å². The van der Waals surface area contributed by atoms with Crippen LogP contribution >= 0.6 is 0 Å². The smallest absolute Gasteiger partial charge is 0.126 e. The highest BCUT2D eigenvalue weighted by molar-refractivity contribution is 5.25. The average molecular weight is 292 g/mol. The predicted molar refractivity (Wildman–Crippen MR) is 87.0 cm³/mol. The first-order valence-corrected chi connectivity index (χ1v) is 8.21. The molecular weight excluding hydrogens is 263 g/mol. The van der Waals surface area contributed by atoms with Crippen molar-refractivity contribution in [2.75, 3.05) is 19.6 Å². The van der Waals surface area contributed by atoms with Gasteiger partial charge in [0.15, 0.2) is 0 Å². The van der Waals surface area contributed by atoms with E-state index in [0.29, 0.717) is 12.0 Å². The van der Waals surface area contributed by atoms with Crippen LogP contribution in [0.3, 0.4) is 0 Å². The van der Waals surface area contributed by atoms with Gasteiger partial charge < -0.3 is 5.32 Å². The van der Waals surface area contributed by atoms with Crippen molar-refractivity contribution in [3.05, 3.63) is 35.1 Å². The summed E-state index contributed by atoms with van der Waals surface area (Å²) in [6, 6.07) is 6.38. The minimum atomic E-state index is -0.0950. The third kappa shape index (κ3) is 4.27. The number of benzene rings is 1. The van der Waals surface area contributed by atoms with E-state index in [-0.39, 0.29) is 11.9 Å². The monoisotopic (exact) mass is 292 g/mol. The van der Waals surface area contributed by atoms with Gasteiger partial charge in [-0.1, -0.05) is 12.1 Å². The van der Waals surface area contributed by atoms with E-state index in [1.807, 2.05) is 13.0 Å². The third-order valence-electron chi connectivity index (χ3n) is 4.71. The summed E-state index contributed by atoms with van der Waals surface area (Å²) in [6.07, 6.45) is 2.56. The Morgan fingerprint density at radius 1 is 1.33 bits per heavy atom. The molecule has 2 atom stereocenters. The van der Waals surface area contributed by atoms with Crippen LogP contribution in [0.5, 0.6) is 0 Å². The van der Waals surface area contributed by atoms with E-state index >= 15 is 0 Å². The molecule has 21 heavy (non-hydrogen) atoms. The predicted octanol–water partition coefficient (Wildman–Crippen LogP) is 3.91. The Labute approximate surface area is 128 Å². The van der Waals surface area contributed by atoms with Crippen LogP contribution in [-0.2, 0) is 0 Å². The van der Waals surface area contributed by atoms with Crippen molar-refractivity contribution in [2.24, 2.45) is 5.92 Å². The Balaban J connectivity index is 2.10. The first-order chi connectivity index (χ1) is 9.99. The molecule has 1 fully saturated rings. The van der Waals surface area contributed by atoms with Gasteiger partial charge in [-0.15, -0.1) is 0 Å². The van der Waals surface area contributed by atoms with Crippen molar-refractivity contribution in [3.8, 4) is 0 Å². The molecule has 0 saturated carbocycles. The molecule has 2 unspecified atom stereocenters. The lowest BCUT2D eigenvalue weighted by atomic mass is 9.96. The highest BCUT2D eigenvalue weighted by atomic mass is 19.1. The molecule has 2 rings (SSSR count). The summed E-state index contributed by atoms with van der Waals surface area (Å²) in [5.41, 5.74) is 1.80. The Kier molecular flexibility index (Phi) is 5.77. The fraction of sp³-hybridized carbons (Fsp3) is 0.667. The molecule has 1 aliphatic rings. The van der Waals surface area contributed by atoms with Gasteiger partial charge in [0.2, 0.25) is 0 Å². The molecule has 0 amide bonds. The van der Waals surface area contributed by atoms with Crippen molar-refractivity contribution >= 4 is 0 Å². The zero-order valence-corrected chi connectivity index (χ0v) is 13.8. The third-order valence-corrected chi connectivity index (χ3v) is 4.71. The Bertz CT molecular complexity index is 453. The average Bonchev–Trinajstić information content (AvgIpc) is 2.47. The van der Waals surface area contributed by atoms with E-state index in [9.17, 15) is 4.39 Å². The molecule has 0 bridgehead atoms. The van der Waals surface area contributed by atoms with Crippen LogP contribution in [0.4, 0.5) is 4.39 Å². The van der Waals surface area contributed by atoms with Crippen LogP contribution in [0.1, 0.15) is 50.8 Å². The number of nitrogens with zero attached hydrogens (tertiary/aromatic N) is 1. The van der Waals surface area contributed by atoms with Crippen LogP contribution < -0.4 is 5.32 Å². The summed E-state index contributed by atoms with van der Waals surface area (Å²) in [5, 5.41) is 3.49. The maximum atomic E-state index is 13.8. The molecule has 1 aromatic carbocycles. The highest BCUT2D eigenvalue weighted by Gasteiger charge is 2.24. The lowest BCUT2D eigenvalue weighted by molar-refractivity contribution is 0.126. The summed E-state index contributed by atoms with van der Waals surface area (Å²) >= 11 is 0. The summed E-state index contributed by atoms with van der Waals surface area (Å²) in [5.74, 6) is 0.612. The van der Waals surface area contributed by atoms with Crippen LogP contribution in [0.25, 0.3) is 0 Å². The molecular formula is C18H29FN2. The van der Waals surface area contributed by atoms with Gasteiger partial charge in [0, 0.05) is 18.6 Å². The molecule has 0 radical (unpaired) electrons. The van der Waals surface area contributed by atoms with Gasteiger partial charge in [0.1, 0.15) is 5.82 Å². The second-order valence-corrected chi connectivity index (χ2v) is 6.69. The standard InChI is InChI=1S/C18H29FN2/c1-13(2)21(12-16-6-5-9-20-11-16)15(4)17-8-7-14(3)18(19)10-17/h7-8,10,13,15-16,20H,5-6,9,11-12H2,1-4H3. The summed E-state index contributed by atoms with van der Waals surface area (Å²) < 4.78 is 13.8. The van der Waals surface area contributed by atoms with E-state index in [1.165, 1.54) is 12.8 Å². The van der Waals surface area contributed by atoms with Crippen molar-refractivity contribution in [1.29, 1.82) is 0 Å². The molecule has 1 aliphatic heterocycles. The van der Waals surface area contributed by atoms with Gasteiger partial charge in [-0.05, 0) is 76.7 Å².